The quantitative estimate of drug-likeness (QED) is 0.676. The SMILES string of the molecule is CC(=O)Oc1c(C)n(C(=O)c2ccc(OC(F)(F)F)cc2)c2ccc(O)cc12. The minimum absolute atomic E-state index is 0.0841. The molecule has 28 heavy (non-hydrogen) atoms. The second kappa shape index (κ2) is 6.91. The molecule has 146 valence electrons. The molecule has 0 fully saturated rings. The number of aromatic hydroxyl groups is 1. The van der Waals surface area contributed by atoms with Crippen LogP contribution < -0.4 is 9.47 Å². The smallest absolute Gasteiger partial charge is 0.508 e. The zero-order chi connectivity index (χ0) is 20.6. The third kappa shape index (κ3) is 3.78. The average molecular weight is 393 g/mol. The highest BCUT2D eigenvalue weighted by atomic mass is 19.4. The summed E-state index contributed by atoms with van der Waals surface area (Å²) in [5.41, 5.74) is 0.764. The van der Waals surface area contributed by atoms with Crippen LogP contribution in [0.25, 0.3) is 10.9 Å². The van der Waals surface area contributed by atoms with Gasteiger partial charge in [0.2, 0.25) is 0 Å². The van der Waals surface area contributed by atoms with E-state index < -0.39 is 24.0 Å². The van der Waals surface area contributed by atoms with Crippen molar-refractivity contribution in [3.63, 3.8) is 0 Å². The molecule has 0 amide bonds. The number of aromatic nitrogens is 1. The number of hydrogen-bond acceptors (Lipinski definition) is 5. The molecule has 0 atom stereocenters. The van der Waals surface area contributed by atoms with Crippen molar-refractivity contribution in [3.05, 3.63) is 53.7 Å². The molecule has 0 aliphatic heterocycles. The summed E-state index contributed by atoms with van der Waals surface area (Å²) in [5, 5.41) is 10.1. The number of esters is 1. The fourth-order valence-electron chi connectivity index (χ4n) is 2.84. The van der Waals surface area contributed by atoms with Crippen molar-refractivity contribution in [3.8, 4) is 17.2 Å². The van der Waals surface area contributed by atoms with E-state index in [2.05, 4.69) is 4.74 Å². The van der Waals surface area contributed by atoms with Crippen LogP contribution in [0, 0.1) is 6.92 Å². The van der Waals surface area contributed by atoms with Crippen LogP contribution in [0.5, 0.6) is 17.2 Å². The highest BCUT2D eigenvalue weighted by molar-refractivity contribution is 6.05. The second-order valence-corrected chi connectivity index (χ2v) is 5.92. The number of carbonyl (C=O) groups excluding carboxylic acids is 2. The summed E-state index contributed by atoms with van der Waals surface area (Å²) in [6.45, 7) is 2.75. The Labute approximate surface area is 156 Å². The summed E-state index contributed by atoms with van der Waals surface area (Å²) in [6, 6.07) is 8.64. The molecule has 1 aromatic heterocycles. The summed E-state index contributed by atoms with van der Waals surface area (Å²) in [5.74, 6) is -1.58. The van der Waals surface area contributed by atoms with E-state index in [0.717, 1.165) is 12.1 Å². The van der Waals surface area contributed by atoms with Crippen LogP contribution in [0.15, 0.2) is 42.5 Å². The van der Waals surface area contributed by atoms with Gasteiger partial charge in [-0.3, -0.25) is 14.2 Å². The summed E-state index contributed by atoms with van der Waals surface area (Å²) in [6.07, 6.45) is -4.83. The lowest BCUT2D eigenvalue weighted by atomic mass is 10.2. The fraction of sp³-hybridized carbons (Fsp3) is 0.158. The average Bonchev–Trinajstić information content (AvgIpc) is 2.85. The Hall–Kier alpha value is -3.49. The Morgan fingerprint density at radius 1 is 1.07 bits per heavy atom. The normalized spacial score (nSPS) is 11.5. The molecule has 0 aliphatic carbocycles. The zero-order valence-corrected chi connectivity index (χ0v) is 14.7. The molecule has 0 unspecified atom stereocenters. The van der Waals surface area contributed by atoms with Gasteiger partial charge in [-0.15, -0.1) is 13.2 Å². The molecule has 0 saturated carbocycles. The first-order chi connectivity index (χ1) is 13.1. The Kier molecular flexibility index (Phi) is 4.76. The molecule has 3 aromatic rings. The standard InChI is InChI=1S/C19H14F3NO5/c1-10-17(27-11(2)24)15-9-13(25)5-8-16(15)23(10)18(26)12-3-6-14(7-4-12)28-19(20,21)22/h3-9,25H,1-2H3. The van der Waals surface area contributed by atoms with Gasteiger partial charge in [0.15, 0.2) is 5.75 Å². The summed E-state index contributed by atoms with van der Waals surface area (Å²) >= 11 is 0. The van der Waals surface area contributed by atoms with Crippen molar-refractivity contribution in [2.45, 2.75) is 20.2 Å². The monoisotopic (exact) mass is 393 g/mol. The predicted octanol–water partition coefficient (Wildman–Crippen LogP) is 4.17. The lowest BCUT2D eigenvalue weighted by Gasteiger charge is -2.10. The minimum Gasteiger partial charge on any atom is -0.508 e. The van der Waals surface area contributed by atoms with Crippen molar-refractivity contribution in [1.29, 1.82) is 0 Å². The van der Waals surface area contributed by atoms with Crippen LogP contribution in [0.4, 0.5) is 13.2 Å². The number of benzene rings is 2. The predicted molar refractivity (Wildman–Crippen MR) is 92.5 cm³/mol. The Morgan fingerprint density at radius 3 is 2.29 bits per heavy atom. The molecule has 9 heteroatoms. The van der Waals surface area contributed by atoms with Gasteiger partial charge < -0.3 is 14.6 Å². The van der Waals surface area contributed by atoms with E-state index in [1.165, 1.54) is 41.8 Å². The Bertz CT molecular complexity index is 1070. The highest BCUT2D eigenvalue weighted by Crippen LogP contribution is 2.36. The molecule has 1 N–H and O–H groups in total. The van der Waals surface area contributed by atoms with Gasteiger partial charge in [-0.25, -0.2) is 0 Å². The molecular weight excluding hydrogens is 379 g/mol. The molecule has 0 radical (unpaired) electrons. The van der Waals surface area contributed by atoms with Crippen LogP contribution in [0.1, 0.15) is 23.0 Å². The van der Waals surface area contributed by atoms with Crippen molar-refractivity contribution in [2.24, 2.45) is 0 Å². The molecule has 3 rings (SSSR count). The first-order valence-corrected chi connectivity index (χ1v) is 8.00. The Morgan fingerprint density at radius 2 is 1.71 bits per heavy atom. The molecule has 0 aliphatic rings. The van der Waals surface area contributed by atoms with Crippen molar-refractivity contribution < 1.29 is 37.3 Å². The highest BCUT2D eigenvalue weighted by Gasteiger charge is 2.31. The molecule has 0 saturated heterocycles. The van der Waals surface area contributed by atoms with Gasteiger partial charge in [-0.1, -0.05) is 0 Å². The van der Waals surface area contributed by atoms with E-state index in [1.807, 2.05) is 0 Å². The summed E-state index contributed by atoms with van der Waals surface area (Å²) in [4.78, 5) is 24.4. The number of alkyl halides is 3. The van der Waals surface area contributed by atoms with Crippen molar-refractivity contribution in [1.82, 2.24) is 4.57 Å². The molecule has 0 bridgehead atoms. The van der Waals surface area contributed by atoms with Crippen molar-refractivity contribution >= 4 is 22.8 Å². The first-order valence-electron chi connectivity index (χ1n) is 8.00. The van der Waals surface area contributed by atoms with E-state index in [4.69, 9.17) is 4.74 Å². The number of phenolic OH excluding ortho intramolecular Hbond substituents is 1. The number of carbonyl (C=O) groups is 2. The largest absolute Gasteiger partial charge is 0.573 e. The van der Waals surface area contributed by atoms with Crippen LogP contribution in [0.2, 0.25) is 0 Å². The third-order valence-electron chi connectivity index (χ3n) is 3.91. The molecular formula is C19H14F3NO5. The van der Waals surface area contributed by atoms with Crippen molar-refractivity contribution in [2.75, 3.05) is 0 Å². The fourth-order valence-corrected chi connectivity index (χ4v) is 2.84. The van der Waals surface area contributed by atoms with Crippen LogP contribution in [-0.2, 0) is 4.79 Å². The Balaban J connectivity index is 2.07. The number of ether oxygens (including phenoxy) is 2. The van der Waals surface area contributed by atoms with Gasteiger partial charge in [0.05, 0.1) is 11.2 Å². The number of rotatable bonds is 3. The number of hydrogen-bond donors (Lipinski definition) is 1. The van der Waals surface area contributed by atoms with Gasteiger partial charge in [0.25, 0.3) is 5.91 Å². The van der Waals surface area contributed by atoms with Gasteiger partial charge in [0.1, 0.15) is 11.5 Å². The zero-order valence-electron chi connectivity index (χ0n) is 14.7. The van der Waals surface area contributed by atoms with E-state index in [1.54, 1.807) is 6.92 Å². The van der Waals surface area contributed by atoms with E-state index in [-0.39, 0.29) is 17.1 Å². The maximum absolute atomic E-state index is 13.0. The van der Waals surface area contributed by atoms with Gasteiger partial charge >= 0.3 is 12.3 Å². The van der Waals surface area contributed by atoms with Crippen LogP contribution >= 0.6 is 0 Å². The van der Waals surface area contributed by atoms with E-state index in [9.17, 15) is 27.9 Å². The first kappa shape index (κ1) is 19.3. The minimum atomic E-state index is -4.83. The summed E-state index contributed by atoms with van der Waals surface area (Å²) in [7, 11) is 0. The van der Waals surface area contributed by atoms with E-state index >= 15 is 0 Å². The summed E-state index contributed by atoms with van der Waals surface area (Å²) < 4.78 is 47.1. The maximum Gasteiger partial charge on any atom is 0.573 e. The molecule has 0 spiro atoms. The second-order valence-electron chi connectivity index (χ2n) is 5.92. The number of nitrogens with zero attached hydrogens (tertiary/aromatic N) is 1. The molecule has 1 heterocycles. The van der Waals surface area contributed by atoms with E-state index in [0.29, 0.717) is 16.6 Å². The van der Waals surface area contributed by atoms with Gasteiger partial charge in [-0.2, -0.15) is 0 Å². The molecule has 6 nitrogen and oxygen atoms in total. The van der Waals surface area contributed by atoms with Gasteiger partial charge in [0, 0.05) is 17.9 Å². The van der Waals surface area contributed by atoms with Crippen LogP contribution in [-0.4, -0.2) is 27.9 Å². The van der Waals surface area contributed by atoms with Gasteiger partial charge in [-0.05, 0) is 49.4 Å². The topological polar surface area (TPSA) is 77.8 Å². The number of fused-ring (bicyclic) bond motifs is 1. The maximum atomic E-state index is 13.0. The van der Waals surface area contributed by atoms with Crippen LogP contribution in [0.3, 0.4) is 0 Å². The lowest BCUT2D eigenvalue weighted by molar-refractivity contribution is -0.274. The third-order valence-corrected chi connectivity index (χ3v) is 3.91. The lowest BCUT2D eigenvalue weighted by Crippen LogP contribution is -2.17. The molecule has 2 aromatic carbocycles. The number of phenols is 1. The number of halogens is 3.